The summed E-state index contributed by atoms with van der Waals surface area (Å²) in [5, 5.41) is 0.787. The Morgan fingerprint density at radius 2 is 2.00 bits per heavy atom. The van der Waals surface area contributed by atoms with Gasteiger partial charge in [-0.3, -0.25) is 4.79 Å². The Kier molecular flexibility index (Phi) is 7.16. The monoisotopic (exact) mass is 453 g/mol. The molecule has 0 bridgehead atoms. The van der Waals surface area contributed by atoms with Gasteiger partial charge in [-0.15, -0.1) is 0 Å². The van der Waals surface area contributed by atoms with Gasteiger partial charge in [0, 0.05) is 12.4 Å². The highest BCUT2D eigenvalue weighted by Gasteiger charge is 2.38. The molecule has 1 heterocycles. The molecule has 1 unspecified atom stereocenters. The molecule has 2 amide bonds. The predicted molar refractivity (Wildman–Crippen MR) is 103 cm³/mol. The van der Waals surface area contributed by atoms with Crippen molar-refractivity contribution in [1.82, 2.24) is 15.3 Å². The molecule has 0 spiro atoms. The predicted octanol–water partition coefficient (Wildman–Crippen LogP) is 2.52. The first-order chi connectivity index (χ1) is 13.2. The number of hydrogen-bond acceptors (Lipinski definition) is 7. The number of allylic oxidation sites excluding steroid dienone is 4. The molecule has 0 radical (unpaired) electrons. The molecule has 1 atom stereocenters. The maximum atomic E-state index is 12.6. The van der Waals surface area contributed by atoms with E-state index in [1.807, 2.05) is 12.2 Å². The number of esters is 1. The largest absolute Gasteiger partial charge is 0.449 e. The van der Waals surface area contributed by atoms with E-state index in [9.17, 15) is 19.2 Å². The Balaban J connectivity index is 2.16. The third-order valence-electron chi connectivity index (χ3n) is 3.75. The SMILES string of the molecule is CCOC(=O)NN(C(=O)OC(=O)CN1C=CCC=C1)C1(C)C=CC(=O)C(Br)=C1. The van der Waals surface area contributed by atoms with Crippen LogP contribution in [-0.4, -0.2) is 52.5 Å². The Morgan fingerprint density at radius 3 is 2.61 bits per heavy atom. The minimum Gasteiger partial charge on any atom is -0.449 e. The van der Waals surface area contributed by atoms with Gasteiger partial charge in [0.25, 0.3) is 0 Å². The molecule has 0 fully saturated rings. The van der Waals surface area contributed by atoms with Crippen LogP contribution in [0.3, 0.4) is 0 Å². The highest BCUT2D eigenvalue weighted by atomic mass is 79.9. The standard InChI is InChI=1S/C18H20BrN3O6/c1-3-27-16(25)20-22(18(2)8-7-14(23)13(19)11-18)17(26)28-15(24)12-21-9-5-4-6-10-21/h5-11H,3-4,12H2,1-2H3,(H,20,25). The molecule has 10 heteroatoms. The minimum absolute atomic E-state index is 0.0753. The van der Waals surface area contributed by atoms with E-state index < -0.39 is 23.7 Å². The number of carbonyl (C=O) groups excluding carboxylic acids is 4. The van der Waals surface area contributed by atoms with E-state index >= 15 is 0 Å². The van der Waals surface area contributed by atoms with Crippen LogP contribution in [0.5, 0.6) is 0 Å². The van der Waals surface area contributed by atoms with Gasteiger partial charge in [-0.05, 0) is 54.4 Å². The van der Waals surface area contributed by atoms with Gasteiger partial charge in [0.1, 0.15) is 12.1 Å². The molecule has 0 aromatic rings. The average Bonchev–Trinajstić information content (AvgIpc) is 2.64. The molecule has 28 heavy (non-hydrogen) atoms. The molecule has 1 aliphatic carbocycles. The first-order valence-corrected chi connectivity index (χ1v) is 9.23. The van der Waals surface area contributed by atoms with Gasteiger partial charge in [-0.2, -0.15) is 0 Å². The van der Waals surface area contributed by atoms with E-state index in [0.717, 1.165) is 11.4 Å². The molecular formula is C18H20BrN3O6. The van der Waals surface area contributed by atoms with Crippen LogP contribution in [-0.2, 0) is 19.1 Å². The highest BCUT2D eigenvalue weighted by Crippen LogP contribution is 2.27. The quantitative estimate of drug-likeness (QED) is 0.396. The van der Waals surface area contributed by atoms with Crippen molar-refractivity contribution in [3.05, 3.63) is 47.3 Å². The van der Waals surface area contributed by atoms with Gasteiger partial charge >= 0.3 is 18.2 Å². The average molecular weight is 454 g/mol. The fraction of sp³-hybridized carbons (Fsp3) is 0.333. The van der Waals surface area contributed by atoms with E-state index in [1.165, 1.54) is 18.2 Å². The zero-order valence-electron chi connectivity index (χ0n) is 15.4. The lowest BCUT2D eigenvalue weighted by Crippen LogP contribution is -2.58. The molecule has 0 saturated heterocycles. The number of hydrazine groups is 1. The Hall–Kier alpha value is -2.88. The maximum absolute atomic E-state index is 12.6. The van der Waals surface area contributed by atoms with Gasteiger partial charge in [0.05, 0.1) is 11.1 Å². The third-order valence-corrected chi connectivity index (χ3v) is 4.37. The molecule has 0 aromatic heterocycles. The van der Waals surface area contributed by atoms with Gasteiger partial charge < -0.3 is 14.4 Å². The molecule has 9 nitrogen and oxygen atoms in total. The van der Waals surface area contributed by atoms with Crippen LogP contribution in [0, 0.1) is 0 Å². The summed E-state index contributed by atoms with van der Waals surface area (Å²) in [5.41, 5.74) is 0.972. The smallest absolute Gasteiger partial charge is 0.437 e. The lowest BCUT2D eigenvalue weighted by atomic mass is 9.95. The zero-order valence-corrected chi connectivity index (χ0v) is 17.0. The number of ketones is 1. The lowest BCUT2D eigenvalue weighted by molar-refractivity contribution is -0.139. The number of carbonyl (C=O) groups is 4. The zero-order chi connectivity index (χ0) is 20.7. The Morgan fingerprint density at radius 1 is 1.32 bits per heavy atom. The van der Waals surface area contributed by atoms with Crippen LogP contribution in [0.4, 0.5) is 9.59 Å². The van der Waals surface area contributed by atoms with E-state index in [0.29, 0.717) is 0 Å². The van der Waals surface area contributed by atoms with E-state index in [4.69, 9.17) is 9.47 Å². The molecule has 1 N–H and O–H groups in total. The Labute approximate surface area is 170 Å². The van der Waals surface area contributed by atoms with Gasteiger partial charge in [0.15, 0.2) is 5.78 Å². The van der Waals surface area contributed by atoms with E-state index in [2.05, 4.69) is 21.4 Å². The number of amides is 2. The van der Waals surface area contributed by atoms with Crippen LogP contribution in [0.2, 0.25) is 0 Å². The fourth-order valence-corrected chi connectivity index (χ4v) is 3.00. The van der Waals surface area contributed by atoms with Gasteiger partial charge in [-0.1, -0.05) is 12.2 Å². The number of hydrogen-bond donors (Lipinski definition) is 1. The van der Waals surface area contributed by atoms with Crippen molar-refractivity contribution in [2.24, 2.45) is 0 Å². The first kappa shape index (κ1) is 21.4. The van der Waals surface area contributed by atoms with E-state index in [-0.39, 0.29) is 23.4 Å². The molecule has 0 aromatic carbocycles. The van der Waals surface area contributed by atoms with Crippen molar-refractivity contribution in [1.29, 1.82) is 0 Å². The van der Waals surface area contributed by atoms with Crippen molar-refractivity contribution < 1.29 is 28.7 Å². The molecule has 2 rings (SSSR count). The van der Waals surface area contributed by atoms with E-state index in [1.54, 1.807) is 31.1 Å². The van der Waals surface area contributed by atoms with Crippen molar-refractivity contribution in [3.8, 4) is 0 Å². The second-order valence-electron chi connectivity index (χ2n) is 6.00. The first-order valence-electron chi connectivity index (χ1n) is 8.44. The summed E-state index contributed by atoms with van der Waals surface area (Å²) >= 11 is 3.11. The summed E-state index contributed by atoms with van der Waals surface area (Å²) in [6.07, 6.45) is 9.83. The number of halogens is 1. The van der Waals surface area contributed by atoms with Crippen molar-refractivity contribution in [2.75, 3.05) is 13.2 Å². The highest BCUT2D eigenvalue weighted by molar-refractivity contribution is 9.12. The molecular weight excluding hydrogens is 434 g/mol. The fourth-order valence-electron chi connectivity index (χ4n) is 2.41. The topological polar surface area (TPSA) is 105 Å². The normalized spacial score (nSPS) is 20.5. The van der Waals surface area contributed by atoms with Crippen LogP contribution in [0.25, 0.3) is 0 Å². The van der Waals surface area contributed by atoms with Crippen molar-refractivity contribution in [3.63, 3.8) is 0 Å². The molecule has 0 saturated carbocycles. The lowest BCUT2D eigenvalue weighted by Gasteiger charge is -2.36. The minimum atomic E-state index is -1.28. The van der Waals surface area contributed by atoms with Gasteiger partial charge in [-0.25, -0.2) is 24.8 Å². The summed E-state index contributed by atoms with van der Waals surface area (Å²) in [4.78, 5) is 49.8. The number of ether oxygens (including phenoxy) is 2. The van der Waals surface area contributed by atoms with Crippen LogP contribution in [0.1, 0.15) is 20.3 Å². The number of nitrogens with one attached hydrogen (secondary N) is 1. The molecule has 2 aliphatic rings. The van der Waals surface area contributed by atoms with Crippen molar-refractivity contribution in [2.45, 2.75) is 25.8 Å². The Bertz CT molecular complexity index is 776. The summed E-state index contributed by atoms with van der Waals surface area (Å²) in [7, 11) is 0. The second kappa shape index (κ2) is 9.36. The van der Waals surface area contributed by atoms with Crippen LogP contribution in [0.15, 0.2) is 47.3 Å². The second-order valence-corrected chi connectivity index (χ2v) is 6.86. The third kappa shape index (κ3) is 5.56. The maximum Gasteiger partial charge on any atom is 0.437 e. The van der Waals surface area contributed by atoms with Gasteiger partial charge in [0.2, 0.25) is 0 Å². The summed E-state index contributed by atoms with van der Waals surface area (Å²) in [5.74, 6) is -1.12. The number of rotatable bonds is 4. The molecule has 150 valence electrons. The van der Waals surface area contributed by atoms with Crippen LogP contribution >= 0.6 is 15.9 Å². The number of nitrogens with zero attached hydrogens (tertiary/aromatic N) is 2. The summed E-state index contributed by atoms with van der Waals surface area (Å²) in [6.45, 7) is 3.04. The molecule has 1 aliphatic heterocycles. The van der Waals surface area contributed by atoms with Crippen molar-refractivity contribution >= 4 is 39.9 Å². The summed E-state index contributed by atoms with van der Waals surface area (Å²) in [6, 6.07) is 0. The summed E-state index contributed by atoms with van der Waals surface area (Å²) < 4.78 is 9.87. The van der Waals surface area contributed by atoms with Crippen LogP contribution < -0.4 is 5.43 Å².